The fourth-order valence-electron chi connectivity index (χ4n) is 6.45. The van der Waals surface area contributed by atoms with Crippen LogP contribution >= 0.6 is 0 Å². The number of hydrogen-bond acceptors (Lipinski definition) is 0. The molecule has 36 heavy (non-hydrogen) atoms. The van der Waals surface area contributed by atoms with E-state index in [0.717, 1.165) is 0 Å². The molecule has 0 aromatic heterocycles. The predicted octanol–water partition coefficient (Wildman–Crippen LogP) is -3.33. The van der Waals surface area contributed by atoms with E-state index in [4.69, 9.17) is 0 Å². The molecule has 1 fully saturated rings. The normalized spacial score (nSPS) is 21.8. The maximum absolute atomic E-state index is 2.62. The predicted molar refractivity (Wildman–Crippen MR) is 141 cm³/mol. The van der Waals surface area contributed by atoms with Crippen molar-refractivity contribution in [2.24, 2.45) is 17.8 Å². The van der Waals surface area contributed by atoms with Crippen LogP contribution in [0.25, 0.3) is 0 Å². The fraction of sp³-hybridized carbons (Fsp3) is 0.258. The molecular formula is C31H33Cl3SiTi. The smallest absolute Gasteiger partial charge is 1.00 e. The molecule has 5 rings (SSSR count). The Kier molecular flexibility index (Phi) is 12.5. The van der Waals surface area contributed by atoms with E-state index >= 15 is 0 Å². The van der Waals surface area contributed by atoms with Crippen LogP contribution in [0.2, 0.25) is 5.54 Å². The molecule has 0 amide bonds. The van der Waals surface area contributed by atoms with Crippen molar-refractivity contribution in [1.82, 2.24) is 0 Å². The molecule has 2 aliphatic rings. The zero-order chi connectivity index (χ0) is 22.3. The van der Waals surface area contributed by atoms with Crippen LogP contribution in [0, 0.1) is 44.9 Å². The first-order valence-electron chi connectivity index (χ1n) is 11.9. The minimum Gasteiger partial charge on any atom is -1.00 e. The number of fused-ring (bicyclic) bond motifs is 1. The van der Waals surface area contributed by atoms with Crippen molar-refractivity contribution in [3.63, 3.8) is 0 Å². The Morgan fingerprint density at radius 3 is 1.47 bits per heavy atom. The molecular weight excluding hydrogens is 555 g/mol. The Hall–Kier alpha value is -1.06. The molecule has 0 aliphatic heterocycles. The van der Waals surface area contributed by atoms with Gasteiger partial charge in [0.1, 0.15) is 8.07 Å². The zero-order valence-electron chi connectivity index (χ0n) is 21.3. The van der Waals surface area contributed by atoms with E-state index in [1.54, 1.807) is 15.6 Å². The molecule has 3 aromatic rings. The number of benzene rings is 3. The van der Waals surface area contributed by atoms with Crippen LogP contribution in [0.3, 0.4) is 0 Å². The molecule has 1 saturated carbocycles. The third kappa shape index (κ3) is 5.83. The van der Waals surface area contributed by atoms with Gasteiger partial charge in [-0.15, -0.1) is 12.0 Å². The van der Waals surface area contributed by atoms with E-state index in [1.807, 2.05) is 0 Å². The summed E-state index contributed by atoms with van der Waals surface area (Å²) >= 11 is 0. The Morgan fingerprint density at radius 1 is 0.639 bits per heavy atom. The van der Waals surface area contributed by atoms with E-state index in [9.17, 15) is 0 Å². The molecule has 5 heteroatoms. The van der Waals surface area contributed by atoms with Crippen LogP contribution in [0.15, 0.2) is 97.1 Å². The second-order valence-corrected chi connectivity index (χ2v) is 13.9. The van der Waals surface area contributed by atoms with E-state index in [0.29, 0.717) is 23.3 Å². The van der Waals surface area contributed by atoms with Gasteiger partial charge in [-0.25, -0.2) is 0 Å². The largest absolute Gasteiger partial charge is 4.00 e. The summed E-state index contributed by atoms with van der Waals surface area (Å²) in [6, 6.07) is 28.3. The van der Waals surface area contributed by atoms with Crippen molar-refractivity contribution < 1.29 is 58.9 Å². The van der Waals surface area contributed by atoms with E-state index in [2.05, 4.69) is 131 Å². The standard InChI is InChI=1S/C31H33Si.3ClH.Ti/c1-22-10-7-14-27(18-22)32(28-15-8-11-23(2)19-28,29-16-9-12-24(3)20-29)31-25(4)21-26-13-5-6-17-30(26)31;;;;/h5-21,25-26,30-31H,1-4H3;3*1H;/q-1;;;;+4/p-3. The van der Waals surface area contributed by atoms with Crippen molar-refractivity contribution in [2.45, 2.75) is 33.2 Å². The third-order valence-electron chi connectivity index (χ3n) is 7.65. The second-order valence-electron chi connectivity index (χ2n) is 9.92. The van der Waals surface area contributed by atoms with Gasteiger partial charge in [0, 0.05) is 0 Å². The maximum atomic E-state index is 2.62. The molecule has 2 aliphatic carbocycles. The van der Waals surface area contributed by atoms with Gasteiger partial charge in [-0.1, -0.05) is 120 Å². The first-order chi connectivity index (χ1) is 15.5. The molecule has 0 radical (unpaired) electrons. The van der Waals surface area contributed by atoms with Gasteiger partial charge in [-0.05, 0) is 42.2 Å². The topological polar surface area (TPSA) is 0 Å². The quantitative estimate of drug-likeness (QED) is 0.170. The molecule has 0 N–H and O–H groups in total. The minimum absolute atomic E-state index is 0. The molecule has 4 unspecified atom stereocenters. The van der Waals surface area contributed by atoms with Gasteiger partial charge < -0.3 is 43.6 Å². The molecule has 3 aromatic carbocycles. The van der Waals surface area contributed by atoms with Crippen LogP contribution in [0.1, 0.15) is 23.6 Å². The van der Waals surface area contributed by atoms with Gasteiger partial charge in [-0.3, -0.25) is 0 Å². The van der Waals surface area contributed by atoms with Crippen molar-refractivity contribution >= 4 is 23.6 Å². The Morgan fingerprint density at radius 2 is 1.06 bits per heavy atom. The summed E-state index contributed by atoms with van der Waals surface area (Å²) in [5.41, 5.74) is 4.62. The molecule has 186 valence electrons. The summed E-state index contributed by atoms with van der Waals surface area (Å²) in [7, 11) is -2.37. The molecule has 0 bridgehead atoms. The Bertz CT molecular complexity index is 1090. The molecule has 0 saturated heterocycles. The first kappa shape index (κ1) is 33.0. The van der Waals surface area contributed by atoms with E-state index < -0.39 is 8.07 Å². The van der Waals surface area contributed by atoms with Gasteiger partial charge in [0.15, 0.2) is 0 Å². The van der Waals surface area contributed by atoms with Crippen LogP contribution in [0.5, 0.6) is 0 Å². The van der Waals surface area contributed by atoms with Gasteiger partial charge >= 0.3 is 21.7 Å². The molecule has 0 heterocycles. The zero-order valence-corrected chi connectivity index (χ0v) is 26.1. The summed E-state index contributed by atoms with van der Waals surface area (Å²) in [5, 5.41) is 4.63. The van der Waals surface area contributed by atoms with E-state index in [1.165, 1.54) is 16.7 Å². The van der Waals surface area contributed by atoms with Crippen molar-refractivity contribution in [2.75, 3.05) is 0 Å². The maximum Gasteiger partial charge on any atom is 4.00 e. The van der Waals surface area contributed by atoms with Gasteiger partial charge in [0.2, 0.25) is 0 Å². The second kappa shape index (κ2) is 13.7. The number of allylic oxidation sites excluding steroid dienone is 4. The third-order valence-corrected chi connectivity index (χ3v) is 13.2. The van der Waals surface area contributed by atoms with Crippen molar-refractivity contribution in [1.29, 1.82) is 0 Å². The first-order valence-corrected chi connectivity index (χ1v) is 14.0. The minimum atomic E-state index is -2.37. The summed E-state index contributed by atoms with van der Waals surface area (Å²) in [4.78, 5) is 0. The molecule has 0 spiro atoms. The summed E-state index contributed by atoms with van der Waals surface area (Å²) in [6.07, 6.45) is 12.1. The number of aryl methyl sites for hydroxylation is 3. The average Bonchev–Trinajstić information content (AvgIpc) is 3.11. The Balaban J connectivity index is 0.00000162. The van der Waals surface area contributed by atoms with Crippen LogP contribution < -0.4 is 52.8 Å². The number of rotatable bonds is 4. The summed E-state index contributed by atoms with van der Waals surface area (Å²) in [6.45, 7) is 9.19. The summed E-state index contributed by atoms with van der Waals surface area (Å²) < 4.78 is 0. The SMILES string of the molecule is Cc1cccc([Si](c2cccc(C)c2)(c2cccc(C)c2)C2C(C)[CH-]C3C=CC=CC32)c1.[Cl-].[Cl-].[Cl-].[Ti+4]. The van der Waals surface area contributed by atoms with Crippen molar-refractivity contribution in [3.05, 3.63) is 120 Å². The van der Waals surface area contributed by atoms with Crippen LogP contribution in [-0.2, 0) is 21.7 Å². The van der Waals surface area contributed by atoms with Gasteiger partial charge in [0.05, 0.1) is 0 Å². The van der Waals surface area contributed by atoms with E-state index in [-0.39, 0.29) is 58.9 Å². The van der Waals surface area contributed by atoms with Crippen LogP contribution in [-0.4, -0.2) is 8.07 Å². The van der Waals surface area contributed by atoms with Crippen LogP contribution in [0.4, 0.5) is 0 Å². The van der Waals surface area contributed by atoms with Crippen molar-refractivity contribution in [3.8, 4) is 0 Å². The molecule has 4 atom stereocenters. The fourth-order valence-corrected chi connectivity index (χ4v) is 12.9. The molecule has 0 nitrogen and oxygen atoms in total. The van der Waals surface area contributed by atoms with Gasteiger partial charge in [0.25, 0.3) is 0 Å². The average molecular weight is 588 g/mol. The van der Waals surface area contributed by atoms with Gasteiger partial charge in [-0.2, -0.15) is 5.92 Å². The summed E-state index contributed by atoms with van der Waals surface area (Å²) in [5.74, 6) is 1.63. The Labute approximate surface area is 252 Å². The number of hydrogen-bond donors (Lipinski definition) is 0. The monoisotopic (exact) mass is 586 g/mol. The number of halogens is 3.